The van der Waals surface area contributed by atoms with Crippen molar-refractivity contribution in [2.75, 3.05) is 0 Å². The molecule has 1 aliphatic carbocycles. The van der Waals surface area contributed by atoms with E-state index in [-0.39, 0.29) is 5.38 Å². The summed E-state index contributed by atoms with van der Waals surface area (Å²) in [6, 6.07) is 19.1. The molecule has 1 heterocycles. The van der Waals surface area contributed by atoms with E-state index in [1.54, 1.807) is 0 Å². The highest BCUT2D eigenvalue weighted by Crippen LogP contribution is 2.36. The van der Waals surface area contributed by atoms with Gasteiger partial charge in [0, 0.05) is 10.9 Å². The monoisotopic (exact) mass is 293 g/mol. The van der Waals surface area contributed by atoms with Gasteiger partial charge in [-0.1, -0.05) is 48.5 Å². The minimum absolute atomic E-state index is 0.0574. The minimum Gasteiger partial charge on any atom is -0.250 e. The molecule has 21 heavy (non-hydrogen) atoms. The van der Waals surface area contributed by atoms with Crippen molar-refractivity contribution in [2.24, 2.45) is 0 Å². The number of hydrogen-bond acceptors (Lipinski definition) is 1. The van der Waals surface area contributed by atoms with Gasteiger partial charge in [-0.2, -0.15) is 0 Å². The maximum absolute atomic E-state index is 6.48. The lowest BCUT2D eigenvalue weighted by Crippen LogP contribution is -2.08. The van der Waals surface area contributed by atoms with Crippen LogP contribution in [0.2, 0.25) is 0 Å². The van der Waals surface area contributed by atoms with Gasteiger partial charge in [-0.05, 0) is 36.5 Å². The van der Waals surface area contributed by atoms with Gasteiger partial charge in [0.25, 0.3) is 0 Å². The quantitative estimate of drug-likeness (QED) is 0.538. The van der Waals surface area contributed by atoms with E-state index in [9.17, 15) is 0 Å². The number of aromatic nitrogens is 1. The molecule has 0 saturated heterocycles. The fourth-order valence-electron chi connectivity index (χ4n) is 3.19. The summed E-state index contributed by atoms with van der Waals surface area (Å²) in [5.41, 5.74) is 5.86. The van der Waals surface area contributed by atoms with Gasteiger partial charge in [-0.25, -0.2) is 0 Å². The summed E-state index contributed by atoms with van der Waals surface area (Å²) in [6.07, 6.45) is 3.28. The molecule has 3 aromatic rings. The van der Waals surface area contributed by atoms with Gasteiger partial charge in [-0.3, -0.25) is 4.98 Å². The first-order valence-electron chi connectivity index (χ1n) is 7.45. The number of aryl methyl sites for hydroxylation is 1. The molecule has 2 aromatic carbocycles. The topological polar surface area (TPSA) is 12.9 Å². The van der Waals surface area contributed by atoms with Gasteiger partial charge < -0.3 is 0 Å². The Bertz CT molecular complexity index is 795. The lowest BCUT2D eigenvalue weighted by atomic mass is 9.93. The minimum atomic E-state index is 0.0574. The molecule has 2 heteroatoms. The number of fused-ring (bicyclic) bond motifs is 2. The highest BCUT2D eigenvalue weighted by molar-refractivity contribution is 6.21. The Morgan fingerprint density at radius 1 is 1.00 bits per heavy atom. The number of halogens is 1. The van der Waals surface area contributed by atoms with Crippen LogP contribution in [0.3, 0.4) is 0 Å². The molecular formula is C19H16ClN. The van der Waals surface area contributed by atoms with Crippen LogP contribution in [-0.4, -0.2) is 4.98 Å². The zero-order valence-corrected chi connectivity index (χ0v) is 12.5. The number of nitrogens with zero attached hydrogens (tertiary/aromatic N) is 1. The van der Waals surface area contributed by atoms with Gasteiger partial charge in [0.1, 0.15) is 0 Å². The molecular weight excluding hydrogens is 278 g/mol. The highest BCUT2D eigenvalue weighted by atomic mass is 35.5. The van der Waals surface area contributed by atoms with Gasteiger partial charge in [0.2, 0.25) is 0 Å². The van der Waals surface area contributed by atoms with Gasteiger partial charge >= 0.3 is 0 Å². The molecule has 0 aliphatic heterocycles. The van der Waals surface area contributed by atoms with Crippen molar-refractivity contribution in [3.63, 3.8) is 0 Å². The summed E-state index contributed by atoms with van der Waals surface area (Å²) in [4.78, 5) is 4.94. The number of alkyl halides is 1. The molecule has 1 aromatic heterocycles. The summed E-state index contributed by atoms with van der Waals surface area (Å²) >= 11 is 6.48. The van der Waals surface area contributed by atoms with E-state index in [2.05, 4.69) is 48.5 Å². The summed E-state index contributed by atoms with van der Waals surface area (Å²) in [5, 5.41) is 1.27. The van der Waals surface area contributed by atoms with E-state index in [4.69, 9.17) is 16.6 Å². The first kappa shape index (κ1) is 12.8. The average Bonchev–Trinajstić information content (AvgIpc) is 2.54. The van der Waals surface area contributed by atoms with Crippen molar-refractivity contribution in [1.29, 1.82) is 0 Å². The molecule has 4 rings (SSSR count). The second-order valence-electron chi connectivity index (χ2n) is 5.64. The fraction of sp³-hybridized carbons (Fsp3) is 0.211. The molecule has 0 spiro atoms. The molecule has 0 amide bonds. The summed E-state index contributed by atoms with van der Waals surface area (Å²) in [7, 11) is 0. The van der Waals surface area contributed by atoms with Crippen LogP contribution in [0, 0.1) is 0 Å². The normalized spacial score (nSPS) is 17.7. The van der Waals surface area contributed by atoms with E-state index in [1.807, 2.05) is 6.07 Å². The molecule has 1 atom stereocenters. The Labute approximate surface area is 129 Å². The number of hydrogen-bond donors (Lipinski definition) is 0. The van der Waals surface area contributed by atoms with E-state index < -0.39 is 0 Å². The van der Waals surface area contributed by atoms with Crippen molar-refractivity contribution < 1.29 is 0 Å². The van der Waals surface area contributed by atoms with Crippen LogP contribution in [0.25, 0.3) is 22.0 Å². The average molecular weight is 294 g/mol. The third-order valence-corrected chi connectivity index (χ3v) is 4.67. The Morgan fingerprint density at radius 3 is 2.71 bits per heavy atom. The number of pyridine rings is 1. The summed E-state index contributed by atoms with van der Waals surface area (Å²) in [6.45, 7) is 0. The number of benzene rings is 2. The molecule has 1 nitrogen and oxygen atoms in total. The summed E-state index contributed by atoms with van der Waals surface area (Å²) < 4.78 is 0. The summed E-state index contributed by atoms with van der Waals surface area (Å²) in [5.74, 6) is 0. The van der Waals surface area contributed by atoms with Crippen molar-refractivity contribution in [3.05, 3.63) is 65.9 Å². The van der Waals surface area contributed by atoms with Crippen LogP contribution < -0.4 is 0 Å². The molecule has 1 aliphatic rings. The van der Waals surface area contributed by atoms with Crippen LogP contribution >= 0.6 is 11.6 Å². The third-order valence-electron chi connectivity index (χ3n) is 4.24. The van der Waals surface area contributed by atoms with Crippen LogP contribution in [0.4, 0.5) is 0 Å². The predicted molar refractivity (Wildman–Crippen MR) is 88.7 cm³/mol. The maximum atomic E-state index is 6.48. The second-order valence-corrected chi connectivity index (χ2v) is 6.16. The van der Waals surface area contributed by atoms with Crippen LogP contribution in [0.5, 0.6) is 0 Å². The second kappa shape index (κ2) is 5.16. The van der Waals surface area contributed by atoms with E-state index in [1.165, 1.54) is 22.1 Å². The van der Waals surface area contributed by atoms with Crippen molar-refractivity contribution in [2.45, 2.75) is 24.6 Å². The molecule has 0 N–H and O–H groups in total. The standard InChI is InChI=1S/C19H16ClN/c20-17-11-5-9-15-12-14-8-4-10-16(18(14)21-19(15)17)13-6-2-1-3-7-13/h1-4,6-8,10,12,17H,5,9,11H2. The SMILES string of the molecule is ClC1CCCc2cc3cccc(-c4ccccc4)c3nc21. The maximum Gasteiger partial charge on any atom is 0.0784 e. The van der Waals surface area contributed by atoms with E-state index >= 15 is 0 Å². The lowest BCUT2D eigenvalue weighted by molar-refractivity contribution is 0.653. The van der Waals surface area contributed by atoms with Gasteiger partial charge in [0.15, 0.2) is 0 Å². The molecule has 0 fully saturated rings. The molecule has 1 unspecified atom stereocenters. The van der Waals surface area contributed by atoms with Crippen molar-refractivity contribution in [1.82, 2.24) is 4.98 Å². The zero-order valence-electron chi connectivity index (χ0n) is 11.7. The van der Waals surface area contributed by atoms with Gasteiger partial charge in [0.05, 0.1) is 16.6 Å². The number of para-hydroxylation sites is 1. The fourth-order valence-corrected chi connectivity index (χ4v) is 3.53. The van der Waals surface area contributed by atoms with Crippen LogP contribution in [0.1, 0.15) is 29.5 Å². The first-order valence-corrected chi connectivity index (χ1v) is 7.88. The van der Waals surface area contributed by atoms with Crippen LogP contribution in [-0.2, 0) is 6.42 Å². The molecule has 0 saturated carbocycles. The first-order chi connectivity index (χ1) is 10.3. The zero-order chi connectivity index (χ0) is 14.2. The molecule has 0 radical (unpaired) electrons. The Kier molecular flexibility index (Phi) is 3.16. The Balaban J connectivity index is 1.99. The van der Waals surface area contributed by atoms with E-state index in [0.29, 0.717) is 0 Å². The molecule has 0 bridgehead atoms. The van der Waals surface area contributed by atoms with Crippen LogP contribution in [0.15, 0.2) is 54.6 Å². The number of rotatable bonds is 1. The lowest BCUT2D eigenvalue weighted by Gasteiger charge is -2.21. The van der Waals surface area contributed by atoms with Gasteiger partial charge in [-0.15, -0.1) is 11.6 Å². The Hall–Kier alpha value is -1.86. The highest BCUT2D eigenvalue weighted by Gasteiger charge is 2.21. The van der Waals surface area contributed by atoms with Crippen molar-refractivity contribution in [3.8, 4) is 11.1 Å². The van der Waals surface area contributed by atoms with Crippen molar-refractivity contribution >= 4 is 22.5 Å². The Morgan fingerprint density at radius 2 is 1.86 bits per heavy atom. The largest absolute Gasteiger partial charge is 0.250 e. The third kappa shape index (κ3) is 2.22. The predicted octanol–water partition coefficient (Wildman–Crippen LogP) is 5.52. The smallest absolute Gasteiger partial charge is 0.0784 e. The molecule has 104 valence electrons. The van der Waals surface area contributed by atoms with E-state index in [0.717, 1.165) is 30.5 Å².